The Hall–Kier alpha value is -1.65. The molecule has 4 heteroatoms. The number of carbonyl (C=O) groups is 1. The molecular weight excluding hydrogens is 276 g/mol. The molecule has 1 aliphatic carbocycles. The third kappa shape index (κ3) is 4.18. The van der Waals surface area contributed by atoms with Crippen molar-refractivity contribution < 1.29 is 14.4 Å². The Morgan fingerprint density at radius 1 is 1.14 bits per heavy atom. The van der Waals surface area contributed by atoms with Crippen LogP contribution in [0.1, 0.15) is 24.3 Å². The van der Waals surface area contributed by atoms with Gasteiger partial charge in [0, 0.05) is 18.2 Å². The van der Waals surface area contributed by atoms with Crippen molar-refractivity contribution in [1.82, 2.24) is 5.32 Å². The molecule has 0 bridgehead atoms. The van der Waals surface area contributed by atoms with Gasteiger partial charge < -0.3 is 15.0 Å². The number of carbonyl (C=O) groups excluding carboxylic acids is 1. The second-order valence-corrected chi connectivity index (χ2v) is 6.19. The van der Waals surface area contributed by atoms with Crippen LogP contribution in [0.3, 0.4) is 0 Å². The summed E-state index contributed by atoms with van der Waals surface area (Å²) in [6, 6.07) is 10.4. The van der Waals surface area contributed by atoms with Gasteiger partial charge in [-0.25, -0.2) is 0 Å². The van der Waals surface area contributed by atoms with Crippen molar-refractivity contribution >= 4 is 5.78 Å². The fourth-order valence-corrected chi connectivity index (χ4v) is 3.29. The number of morpholine rings is 1. The molecule has 22 heavy (non-hydrogen) atoms. The number of quaternary nitrogens is 1. The third-order valence-electron chi connectivity index (χ3n) is 4.55. The molecule has 0 spiro atoms. The maximum atomic E-state index is 12.0. The van der Waals surface area contributed by atoms with Gasteiger partial charge in [0.15, 0.2) is 5.78 Å². The third-order valence-corrected chi connectivity index (χ3v) is 4.55. The fourth-order valence-electron chi connectivity index (χ4n) is 3.29. The van der Waals surface area contributed by atoms with E-state index in [-0.39, 0.29) is 5.78 Å². The van der Waals surface area contributed by atoms with Crippen LogP contribution >= 0.6 is 0 Å². The molecule has 0 radical (unpaired) electrons. The summed E-state index contributed by atoms with van der Waals surface area (Å²) in [5, 5.41) is 3.48. The lowest BCUT2D eigenvalue weighted by Gasteiger charge is -2.26. The molecule has 118 valence electrons. The van der Waals surface area contributed by atoms with Crippen molar-refractivity contribution in [2.75, 3.05) is 39.4 Å². The SMILES string of the molecule is O=C1C=C(NCC[NH+]2CCOCC2)CC(c2ccccc2)C1. The first kappa shape index (κ1) is 15.3. The highest BCUT2D eigenvalue weighted by atomic mass is 16.5. The minimum Gasteiger partial charge on any atom is -0.383 e. The second-order valence-electron chi connectivity index (χ2n) is 6.19. The Labute approximate surface area is 132 Å². The van der Waals surface area contributed by atoms with Crippen LogP contribution in [0.4, 0.5) is 0 Å². The molecule has 4 nitrogen and oxygen atoms in total. The summed E-state index contributed by atoms with van der Waals surface area (Å²) >= 11 is 0. The number of ketones is 1. The molecule has 1 atom stereocenters. The summed E-state index contributed by atoms with van der Waals surface area (Å²) in [5.74, 6) is 0.554. The molecule has 0 aromatic heterocycles. The van der Waals surface area contributed by atoms with Crippen molar-refractivity contribution in [3.63, 3.8) is 0 Å². The molecule has 1 saturated heterocycles. The predicted octanol–water partition coefficient (Wildman–Crippen LogP) is 0.522. The minimum atomic E-state index is 0.237. The number of allylic oxidation sites excluding steroid dienone is 2. The van der Waals surface area contributed by atoms with Gasteiger partial charge in [-0.1, -0.05) is 30.3 Å². The van der Waals surface area contributed by atoms with Crippen LogP contribution in [0.5, 0.6) is 0 Å². The van der Waals surface area contributed by atoms with Crippen LogP contribution in [-0.2, 0) is 9.53 Å². The first-order chi connectivity index (χ1) is 10.8. The van der Waals surface area contributed by atoms with Crippen molar-refractivity contribution in [2.24, 2.45) is 0 Å². The van der Waals surface area contributed by atoms with E-state index >= 15 is 0 Å². The molecule has 2 N–H and O–H groups in total. The van der Waals surface area contributed by atoms with E-state index in [1.165, 1.54) is 5.56 Å². The number of benzene rings is 1. The zero-order valence-corrected chi connectivity index (χ0v) is 13.0. The number of ether oxygens (including phenoxy) is 1. The second kappa shape index (κ2) is 7.56. The van der Waals surface area contributed by atoms with E-state index in [2.05, 4.69) is 17.4 Å². The molecule has 1 unspecified atom stereocenters. The molecule has 0 saturated carbocycles. The number of nitrogens with one attached hydrogen (secondary N) is 2. The topological polar surface area (TPSA) is 42.8 Å². The van der Waals surface area contributed by atoms with E-state index in [0.717, 1.165) is 51.5 Å². The lowest BCUT2D eigenvalue weighted by molar-refractivity contribution is -0.906. The van der Waals surface area contributed by atoms with Gasteiger partial charge in [-0.2, -0.15) is 0 Å². The summed E-state index contributed by atoms with van der Waals surface area (Å²) in [6.07, 6.45) is 3.37. The normalized spacial score (nSPS) is 23.2. The van der Waals surface area contributed by atoms with Gasteiger partial charge in [0.05, 0.1) is 26.3 Å². The van der Waals surface area contributed by atoms with Crippen molar-refractivity contribution in [3.05, 3.63) is 47.7 Å². The van der Waals surface area contributed by atoms with E-state index in [4.69, 9.17) is 4.74 Å². The molecule has 3 rings (SSSR count). The van der Waals surface area contributed by atoms with Crippen molar-refractivity contribution in [3.8, 4) is 0 Å². The average molecular weight is 301 g/mol. The van der Waals surface area contributed by atoms with E-state index in [1.807, 2.05) is 18.2 Å². The van der Waals surface area contributed by atoms with Crippen LogP contribution in [0.25, 0.3) is 0 Å². The quantitative estimate of drug-likeness (QED) is 0.833. The zero-order chi connectivity index (χ0) is 15.2. The summed E-state index contributed by atoms with van der Waals surface area (Å²) < 4.78 is 5.38. The first-order valence-electron chi connectivity index (χ1n) is 8.25. The molecule has 1 aliphatic heterocycles. The highest BCUT2D eigenvalue weighted by molar-refractivity contribution is 5.91. The van der Waals surface area contributed by atoms with Gasteiger partial charge >= 0.3 is 0 Å². The Kier molecular flexibility index (Phi) is 5.24. The number of rotatable bonds is 5. The van der Waals surface area contributed by atoms with E-state index in [9.17, 15) is 4.79 Å². The average Bonchev–Trinajstić information content (AvgIpc) is 2.56. The van der Waals surface area contributed by atoms with Crippen LogP contribution < -0.4 is 10.2 Å². The van der Waals surface area contributed by atoms with Gasteiger partial charge in [0.2, 0.25) is 0 Å². The smallest absolute Gasteiger partial charge is 0.158 e. The largest absolute Gasteiger partial charge is 0.383 e. The van der Waals surface area contributed by atoms with E-state index in [1.54, 1.807) is 11.0 Å². The fraction of sp³-hybridized carbons (Fsp3) is 0.500. The van der Waals surface area contributed by atoms with Crippen LogP contribution in [0.15, 0.2) is 42.1 Å². The summed E-state index contributed by atoms with van der Waals surface area (Å²) in [6.45, 7) is 5.93. The van der Waals surface area contributed by atoms with Gasteiger partial charge in [0.1, 0.15) is 13.1 Å². The van der Waals surface area contributed by atoms with Gasteiger partial charge in [-0.05, 0) is 17.9 Å². The maximum Gasteiger partial charge on any atom is 0.158 e. The van der Waals surface area contributed by atoms with E-state index < -0.39 is 0 Å². The highest BCUT2D eigenvalue weighted by Crippen LogP contribution is 2.30. The predicted molar refractivity (Wildman–Crippen MR) is 85.9 cm³/mol. The lowest BCUT2D eigenvalue weighted by atomic mass is 9.85. The van der Waals surface area contributed by atoms with E-state index in [0.29, 0.717) is 12.3 Å². The van der Waals surface area contributed by atoms with Crippen molar-refractivity contribution in [2.45, 2.75) is 18.8 Å². The van der Waals surface area contributed by atoms with Gasteiger partial charge in [-0.15, -0.1) is 0 Å². The number of hydrogen-bond acceptors (Lipinski definition) is 3. The van der Waals surface area contributed by atoms with Crippen molar-refractivity contribution in [1.29, 1.82) is 0 Å². The first-order valence-corrected chi connectivity index (χ1v) is 8.25. The van der Waals surface area contributed by atoms with Gasteiger partial charge in [-0.3, -0.25) is 4.79 Å². The summed E-state index contributed by atoms with van der Waals surface area (Å²) in [7, 11) is 0. The Balaban J connectivity index is 1.51. The maximum absolute atomic E-state index is 12.0. The molecule has 2 aliphatic rings. The zero-order valence-electron chi connectivity index (χ0n) is 13.0. The highest BCUT2D eigenvalue weighted by Gasteiger charge is 2.22. The van der Waals surface area contributed by atoms with Crippen LogP contribution in [0, 0.1) is 0 Å². The molecule has 0 amide bonds. The number of hydrogen-bond donors (Lipinski definition) is 2. The standard InChI is InChI=1S/C18H24N2O2/c21-18-13-16(15-4-2-1-3-5-15)12-17(14-18)19-6-7-20-8-10-22-11-9-20/h1-5,14,16,19H,6-13H2/p+1. The Morgan fingerprint density at radius 2 is 1.91 bits per heavy atom. The van der Waals surface area contributed by atoms with Crippen LogP contribution in [-0.4, -0.2) is 45.2 Å². The molecule has 1 heterocycles. The molecule has 1 aromatic rings. The Bertz CT molecular complexity index is 521. The lowest BCUT2D eigenvalue weighted by Crippen LogP contribution is -3.14. The Morgan fingerprint density at radius 3 is 2.68 bits per heavy atom. The monoisotopic (exact) mass is 301 g/mol. The van der Waals surface area contributed by atoms with Gasteiger partial charge in [0.25, 0.3) is 0 Å². The van der Waals surface area contributed by atoms with Crippen LogP contribution in [0.2, 0.25) is 0 Å². The molecule has 1 fully saturated rings. The minimum absolute atomic E-state index is 0.237. The molecular formula is C18H25N2O2+. The summed E-state index contributed by atoms with van der Waals surface area (Å²) in [5.41, 5.74) is 2.36. The summed E-state index contributed by atoms with van der Waals surface area (Å²) in [4.78, 5) is 13.6. The molecule has 1 aromatic carbocycles.